The van der Waals surface area contributed by atoms with E-state index in [9.17, 15) is 5.11 Å². The number of hydrogen-bond acceptors (Lipinski definition) is 8. The molecule has 2 aromatic heterocycles. The van der Waals surface area contributed by atoms with Crippen molar-refractivity contribution < 1.29 is 9.84 Å². The highest BCUT2D eigenvalue weighted by atomic mass is 35.5. The summed E-state index contributed by atoms with van der Waals surface area (Å²) in [6.45, 7) is 6.27. The molecule has 2 aliphatic heterocycles. The van der Waals surface area contributed by atoms with Gasteiger partial charge in [0, 0.05) is 31.2 Å². The van der Waals surface area contributed by atoms with Gasteiger partial charge in [-0.05, 0) is 25.0 Å². The molecule has 2 aliphatic rings. The molecular weight excluding hydrogens is 406 g/mol. The van der Waals surface area contributed by atoms with Gasteiger partial charge in [0.1, 0.15) is 0 Å². The number of hydrogen-bond donors (Lipinski definition) is 1. The number of anilines is 2. The molecule has 0 spiro atoms. The lowest BCUT2D eigenvalue weighted by Gasteiger charge is -2.28. The first-order chi connectivity index (χ1) is 14.5. The van der Waals surface area contributed by atoms with Crippen molar-refractivity contribution in [1.29, 1.82) is 0 Å². The summed E-state index contributed by atoms with van der Waals surface area (Å²) in [4.78, 5) is 13.9. The number of β-amino-alcohol motifs (C(OH)–C–C–N with tert-alkyl or cyclic N) is 1. The summed E-state index contributed by atoms with van der Waals surface area (Å²) in [7, 11) is 0. The number of nitrogens with zero attached hydrogens (tertiary/aromatic N) is 7. The highest BCUT2D eigenvalue weighted by Gasteiger charge is 2.34. The standard InChI is InChI=1S/C20H24ClN7O2/c1-20(29)6-7-27(13-20)17-16-18(23-19(22-17)26-8-10-30-11-9-26)28(25-24-16)12-14-4-2-3-5-15(14)21/h2-5,29H,6-13H2,1H3. The van der Waals surface area contributed by atoms with Crippen molar-refractivity contribution in [2.24, 2.45) is 0 Å². The lowest BCUT2D eigenvalue weighted by Crippen LogP contribution is -2.38. The van der Waals surface area contributed by atoms with E-state index >= 15 is 0 Å². The molecule has 0 bridgehead atoms. The van der Waals surface area contributed by atoms with Crippen LogP contribution in [0.3, 0.4) is 0 Å². The Labute approximate surface area is 179 Å². The van der Waals surface area contributed by atoms with Crippen LogP contribution in [0.4, 0.5) is 11.8 Å². The van der Waals surface area contributed by atoms with Gasteiger partial charge in [0.05, 0.1) is 25.4 Å². The molecule has 1 aromatic carbocycles. The molecule has 1 atom stereocenters. The minimum Gasteiger partial charge on any atom is -0.388 e. The van der Waals surface area contributed by atoms with Gasteiger partial charge in [0.2, 0.25) is 5.95 Å². The molecule has 158 valence electrons. The van der Waals surface area contributed by atoms with Gasteiger partial charge in [0.15, 0.2) is 17.0 Å². The van der Waals surface area contributed by atoms with Crippen LogP contribution in [-0.2, 0) is 11.3 Å². The van der Waals surface area contributed by atoms with E-state index in [0.717, 1.165) is 18.7 Å². The van der Waals surface area contributed by atoms with Crippen LogP contribution in [0, 0.1) is 0 Å². The maximum atomic E-state index is 10.5. The third kappa shape index (κ3) is 3.68. The Hall–Kier alpha value is -2.49. The molecule has 2 saturated heterocycles. The van der Waals surface area contributed by atoms with Gasteiger partial charge < -0.3 is 19.6 Å². The molecule has 2 fully saturated rings. The van der Waals surface area contributed by atoms with Crippen LogP contribution < -0.4 is 9.80 Å². The number of benzene rings is 1. The first-order valence-corrected chi connectivity index (χ1v) is 10.5. The zero-order valence-corrected chi connectivity index (χ0v) is 17.6. The summed E-state index contributed by atoms with van der Waals surface area (Å²) in [5.74, 6) is 1.35. The minimum atomic E-state index is -0.746. The van der Waals surface area contributed by atoms with Crippen molar-refractivity contribution in [3.05, 3.63) is 34.9 Å². The number of aromatic nitrogens is 5. The molecule has 1 unspecified atom stereocenters. The molecule has 0 saturated carbocycles. The smallest absolute Gasteiger partial charge is 0.229 e. The molecule has 9 nitrogen and oxygen atoms in total. The first kappa shape index (κ1) is 19.5. The summed E-state index contributed by atoms with van der Waals surface area (Å²) in [6, 6.07) is 7.69. The second-order valence-electron chi connectivity index (χ2n) is 8.13. The summed E-state index contributed by atoms with van der Waals surface area (Å²) in [6.07, 6.45) is 0.680. The third-order valence-corrected chi connectivity index (χ3v) is 6.02. The molecular formula is C20H24ClN7O2. The highest BCUT2D eigenvalue weighted by Crippen LogP contribution is 2.31. The van der Waals surface area contributed by atoms with Gasteiger partial charge in [0.25, 0.3) is 0 Å². The number of fused-ring (bicyclic) bond motifs is 1. The zero-order chi connectivity index (χ0) is 20.7. The second-order valence-corrected chi connectivity index (χ2v) is 8.53. The van der Waals surface area contributed by atoms with Crippen molar-refractivity contribution >= 4 is 34.5 Å². The molecule has 0 radical (unpaired) electrons. The van der Waals surface area contributed by atoms with Gasteiger partial charge in [-0.15, -0.1) is 5.10 Å². The van der Waals surface area contributed by atoms with Crippen LogP contribution in [0.1, 0.15) is 18.9 Å². The van der Waals surface area contributed by atoms with Gasteiger partial charge in [-0.2, -0.15) is 9.97 Å². The van der Waals surface area contributed by atoms with E-state index in [1.807, 2.05) is 31.2 Å². The minimum absolute atomic E-state index is 0.465. The molecule has 4 heterocycles. The van der Waals surface area contributed by atoms with Crippen LogP contribution in [-0.4, -0.2) is 75.1 Å². The van der Waals surface area contributed by atoms with E-state index in [-0.39, 0.29) is 0 Å². The lowest BCUT2D eigenvalue weighted by molar-refractivity contribution is 0.0839. The molecule has 1 N–H and O–H groups in total. The van der Waals surface area contributed by atoms with Crippen LogP contribution in [0.5, 0.6) is 0 Å². The molecule has 0 amide bonds. The van der Waals surface area contributed by atoms with Crippen LogP contribution in [0.25, 0.3) is 11.2 Å². The highest BCUT2D eigenvalue weighted by molar-refractivity contribution is 6.31. The lowest BCUT2D eigenvalue weighted by atomic mass is 10.1. The Bertz CT molecular complexity index is 1060. The monoisotopic (exact) mass is 429 g/mol. The number of halogens is 1. The summed E-state index contributed by atoms with van der Waals surface area (Å²) < 4.78 is 7.25. The van der Waals surface area contributed by atoms with E-state index in [0.29, 0.717) is 67.2 Å². The third-order valence-electron chi connectivity index (χ3n) is 5.66. The molecule has 5 rings (SSSR count). The van der Waals surface area contributed by atoms with Crippen LogP contribution in [0.2, 0.25) is 5.02 Å². The Morgan fingerprint density at radius 3 is 2.67 bits per heavy atom. The van der Waals surface area contributed by atoms with Crippen LogP contribution >= 0.6 is 11.6 Å². The van der Waals surface area contributed by atoms with E-state index in [2.05, 4.69) is 20.1 Å². The van der Waals surface area contributed by atoms with E-state index in [1.165, 1.54) is 0 Å². The van der Waals surface area contributed by atoms with Gasteiger partial charge in [-0.3, -0.25) is 0 Å². The van der Waals surface area contributed by atoms with Crippen molar-refractivity contribution in [3.8, 4) is 0 Å². The van der Waals surface area contributed by atoms with Crippen molar-refractivity contribution in [3.63, 3.8) is 0 Å². The second kappa shape index (κ2) is 7.64. The van der Waals surface area contributed by atoms with Crippen LogP contribution in [0.15, 0.2) is 24.3 Å². The molecule has 3 aromatic rings. The van der Waals surface area contributed by atoms with Crippen molar-refractivity contribution in [2.75, 3.05) is 49.2 Å². The Morgan fingerprint density at radius 2 is 1.93 bits per heavy atom. The summed E-state index contributed by atoms with van der Waals surface area (Å²) in [5.41, 5.74) is 1.50. The van der Waals surface area contributed by atoms with Crippen molar-refractivity contribution in [2.45, 2.75) is 25.5 Å². The van der Waals surface area contributed by atoms with E-state index < -0.39 is 5.60 Å². The maximum absolute atomic E-state index is 10.5. The summed E-state index contributed by atoms with van der Waals surface area (Å²) in [5, 5.41) is 19.9. The fourth-order valence-electron chi connectivity index (χ4n) is 3.98. The zero-order valence-electron chi connectivity index (χ0n) is 16.8. The number of morpholine rings is 1. The predicted octanol–water partition coefficient (Wildman–Crippen LogP) is 1.72. The largest absolute Gasteiger partial charge is 0.388 e. The average Bonchev–Trinajstić information content (AvgIpc) is 3.32. The predicted molar refractivity (Wildman–Crippen MR) is 114 cm³/mol. The molecule has 30 heavy (non-hydrogen) atoms. The quantitative estimate of drug-likeness (QED) is 0.670. The number of rotatable bonds is 4. The fraction of sp³-hybridized carbons (Fsp3) is 0.500. The van der Waals surface area contributed by atoms with Gasteiger partial charge in [-0.25, -0.2) is 4.68 Å². The Kier molecular flexibility index (Phi) is 4.96. The number of ether oxygens (including phenoxy) is 1. The SMILES string of the molecule is CC1(O)CCN(c2nc(N3CCOCC3)nc3c2nnn3Cc2ccccc2Cl)C1. The Balaban J connectivity index is 1.59. The summed E-state index contributed by atoms with van der Waals surface area (Å²) >= 11 is 6.36. The molecule has 10 heteroatoms. The molecule has 0 aliphatic carbocycles. The average molecular weight is 430 g/mol. The van der Waals surface area contributed by atoms with E-state index in [1.54, 1.807) is 4.68 Å². The van der Waals surface area contributed by atoms with Crippen molar-refractivity contribution in [1.82, 2.24) is 25.0 Å². The van der Waals surface area contributed by atoms with Gasteiger partial charge >= 0.3 is 0 Å². The first-order valence-electron chi connectivity index (χ1n) is 10.1. The maximum Gasteiger partial charge on any atom is 0.229 e. The fourth-order valence-corrected chi connectivity index (χ4v) is 4.17. The van der Waals surface area contributed by atoms with Gasteiger partial charge in [-0.1, -0.05) is 35.0 Å². The topological polar surface area (TPSA) is 92.4 Å². The number of aliphatic hydroxyl groups is 1. The van der Waals surface area contributed by atoms with E-state index in [4.69, 9.17) is 26.3 Å². The normalized spacial score (nSPS) is 22.2. The Morgan fingerprint density at radius 1 is 1.13 bits per heavy atom.